The summed E-state index contributed by atoms with van der Waals surface area (Å²) in [6, 6.07) is 35.7. The van der Waals surface area contributed by atoms with E-state index in [1.165, 1.54) is 44.5 Å². The van der Waals surface area contributed by atoms with Crippen molar-refractivity contribution in [2.75, 3.05) is 0 Å². The first-order chi connectivity index (χ1) is 17.0. The Balaban J connectivity index is 1.54. The number of rotatable bonds is 4. The van der Waals surface area contributed by atoms with Crippen molar-refractivity contribution in [2.24, 2.45) is 0 Å². The van der Waals surface area contributed by atoms with Gasteiger partial charge in [-0.2, -0.15) is 0 Å². The Kier molecular flexibility index (Phi) is 5.27. The summed E-state index contributed by atoms with van der Waals surface area (Å²) in [5.74, 6) is 0. The highest BCUT2D eigenvalue weighted by Gasteiger charge is 2.45. The molecule has 0 bridgehead atoms. The number of fused-ring (bicyclic) bond motifs is 2. The van der Waals surface area contributed by atoms with Crippen LogP contribution in [0, 0.1) is 0 Å². The minimum Gasteiger partial charge on any atom is -0.0690 e. The zero-order valence-corrected chi connectivity index (χ0v) is 22.1. The van der Waals surface area contributed by atoms with Crippen LogP contribution in [0.3, 0.4) is 0 Å². The molecule has 1 unspecified atom stereocenters. The van der Waals surface area contributed by atoms with Crippen molar-refractivity contribution in [3.63, 3.8) is 0 Å². The van der Waals surface area contributed by atoms with Crippen molar-refractivity contribution in [2.45, 2.75) is 38.9 Å². The molecular weight excluding hydrogens is 436 g/mol. The highest BCUT2D eigenvalue weighted by molar-refractivity contribution is 6.96. The predicted octanol–water partition coefficient (Wildman–Crippen LogP) is 9.34. The molecule has 0 N–H and O–H groups in total. The summed E-state index contributed by atoms with van der Waals surface area (Å²) < 4.78 is 0. The van der Waals surface area contributed by atoms with Crippen LogP contribution in [0.25, 0.3) is 33.5 Å². The molecule has 0 saturated heterocycles. The lowest BCUT2D eigenvalue weighted by Gasteiger charge is -2.36. The lowest BCUT2D eigenvalue weighted by Crippen LogP contribution is -2.37. The van der Waals surface area contributed by atoms with Crippen molar-refractivity contribution in [1.29, 1.82) is 0 Å². The standard InChI is InChI=1S/C34H32Si/c1-23-21-27-17-11-19-29(25-13-7-5-8-14-25)31(27)33(23)35(3,4)34-24(2)22-28-18-12-20-30(32(28)34)26-15-9-6-10-16-26/h5-21,33H,22H2,1-4H3. The second kappa shape index (κ2) is 8.36. The van der Waals surface area contributed by atoms with E-state index in [-0.39, 0.29) is 0 Å². The molecule has 1 heteroatoms. The minimum atomic E-state index is -1.98. The first kappa shape index (κ1) is 22.1. The number of hydrogen-bond donors (Lipinski definition) is 0. The van der Waals surface area contributed by atoms with Gasteiger partial charge in [0.25, 0.3) is 0 Å². The third-order valence-electron chi connectivity index (χ3n) is 8.09. The Morgan fingerprint density at radius 2 is 1.26 bits per heavy atom. The quantitative estimate of drug-likeness (QED) is 0.262. The summed E-state index contributed by atoms with van der Waals surface area (Å²) in [4.78, 5) is 0. The molecule has 4 aromatic rings. The molecule has 35 heavy (non-hydrogen) atoms. The maximum atomic E-state index is 2.61. The molecule has 0 saturated carbocycles. The highest BCUT2D eigenvalue weighted by atomic mass is 28.3. The number of benzene rings is 4. The van der Waals surface area contributed by atoms with E-state index in [0.717, 1.165) is 6.42 Å². The van der Waals surface area contributed by atoms with Gasteiger partial charge in [-0.15, -0.1) is 0 Å². The maximum absolute atomic E-state index is 2.61. The molecule has 0 radical (unpaired) electrons. The van der Waals surface area contributed by atoms with Gasteiger partial charge >= 0.3 is 0 Å². The van der Waals surface area contributed by atoms with Crippen LogP contribution in [-0.4, -0.2) is 8.07 Å². The fourth-order valence-corrected chi connectivity index (χ4v) is 11.6. The number of allylic oxidation sites excluding steroid dienone is 2. The van der Waals surface area contributed by atoms with Gasteiger partial charge in [0.2, 0.25) is 0 Å². The van der Waals surface area contributed by atoms with Crippen LogP contribution >= 0.6 is 0 Å². The molecular formula is C34H32Si. The van der Waals surface area contributed by atoms with E-state index in [9.17, 15) is 0 Å². The Morgan fingerprint density at radius 1 is 0.657 bits per heavy atom. The lowest BCUT2D eigenvalue weighted by atomic mass is 9.95. The highest BCUT2D eigenvalue weighted by Crippen LogP contribution is 2.53. The van der Waals surface area contributed by atoms with Crippen molar-refractivity contribution in [1.82, 2.24) is 0 Å². The van der Waals surface area contributed by atoms with E-state index < -0.39 is 8.07 Å². The van der Waals surface area contributed by atoms with Crippen molar-refractivity contribution in [3.8, 4) is 22.3 Å². The van der Waals surface area contributed by atoms with E-state index >= 15 is 0 Å². The van der Waals surface area contributed by atoms with Gasteiger partial charge in [-0.3, -0.25) is 0 Å². The monoisotopic (exact) mass is 468 g/mol. The topological polar surface area (TPSA) is 0 Å². The molecule has 0 heterocycles. The molecule has 0 aliphatic heterocycles. The molecule has 2 aliphatic carbocycles. The number of hydrogen-bond acceptors (Lipinski definition) is 0. The molecule has 6 rings (SSSR count). The van der Waals surface area contributed by atoms with Crippen LogP contribution in [-0.2, 0) is 6.42 Å². The van der Waals surface area contributed by atoms with Gasteiger partial charge < -0.3 is 0 Å². The van der Waals surface area contributed by atoms with Gasteiger partial charge in [0.05, 0.1) is 8.07 Å². The fraction of sp³-hybridized carbons (Fsp3) is 0.176. The summed E-state index contributed by atoms with van der Waals surface area (Å²) >= 11 is 0. The van der Waals surface area contributed by atoms with E-state index in [4.69, 9.17) is 0 Å². The summed E-state index contributed by atoms with van der Waals surface area (Å²) in [5, 5.41) is 1.67. The van der Waals surface area contributed by atoms with Crippen LogP contribution in [0.1, 0.15) is 41.6 Å². The summed E-state index contributed by atoms with van der Waals surface area (Å²) in [6.07, 6.45) is 3.53. The van der Waals surface area contributed by atoms with Gasteiger partial charge in [-0.05, 0) is 64.8 Å². The summed E-state index contributed by atoms with van der Waals surface area (Å²) in [5.41, 5.74) is 15.0. The summed E-state index contributed by atoms with van der Waals surface area (Å²) in [7, 11) is -1.98. The molecule has 172 valence electrons. The Bertz CT molecular complexity index is 1490. The van der Waals surface area contributed by atoms with Crippen LogP contribution in [0.2, 0.25) is 13.1 Å². The first-order valence-electron chi connectivity index (χ1n) is 12.7. The van der Waals surface area contributed by atoms with E-state index in [1.807, 2.05) is 0 Å². The fourth-order valence-electron chi connectivity index (χ4n) is 6.89. The zero-order chi connectivity index (χ0) is 24.2. The molecule has 0 nitrogen and oxygen atoms in total. The average molecular weight is 469 g/mol. The lowest BCUT2D eigenvalue weighted by molar-refractivity contribution is 1.08. The van der Waals surface area contributed by atoms with Gasteiger partial charge in [0.15, 0.2) is 0 Å². The molecule has 1 atom stereocenters. The third-order valence-corrected chi connectivity index (χ3v) is 12.2. The van der Waals surface area contributed by atoms with Crippen molar-refractivity contribution in [3.05, 3.63) is 130 Å². The largest absolute Gasteiger partial charge is 0.0931 e. The zero-order valence-electron chi connectivity index (χ0n) is 21.1. The average Bonchev–Trinajstić information content (AvgIpc) is 3.41. The smallest absolute Gasteiger partial charge is 0.0690 e. The Morgan fingerprint density at radius 3 is 1.94 bits per heavy atom. The van der Waals surface area contributed by atoms with Crippen LogP contribution in [0.15, 0.2) is 108 Å². The van der Waals surface area contributed by atoms with Crippen LogP contribution < -0.4 is 0 Å². The van der Waals surface area contributed by atoms with Gasteiger partial charge in [0, 0.05) is 5.54 Å². The van der Waals surface area contributed by atoms with Gasteiger partial charge in [-0.25, -0.2) is 0 Å². The van der Waals surface area contributed by atoms with Crippen molar-refractivity contribution < 1.29 is 0 Å². The predicted molar refractivity (Wildman–Crippen MR) is 154 cm³/mol. The molecule has 0 fully saturated rings. The third kappa shape index (κ3) is 3.49. The maximum Gasteiger partial charge on any atom is 0.0931 e. The van der Waals surface area contributed by atoms with Crippen LogP contribution in [0.5, 0.6) is 0 Å². The van der Waals surface area contributed by atoms with Crippen LogP contribution in [0.4, 0.5) is 0 Å². The molecule has 0 amide bonds. The summed E-state index contributed by atoms with van der Waals surface area (Å²) in [6.45, 7) is 9.98. The van der Waals surface area contributed by atoms with Gasteiger partial charge in [-0.1, -0.05) is 133 Å². The minimum absolute atomic E-state index is 0.466. The van der Waals surface area contributed by atoms with E-state index in [0.29, 0.717) is 5.54 Å². The molecule has 2 aliphatic rings. The second-order valence-corrected chi connectivity index (χ2v) is 15.3. The second-order valence-electron chi connectivity index (χ2n) is 10.8. The Labute approximate surface area is 210 Å². The molecule has 4 aromatic carbocycles. The first-order valence-corrected chi connectivity index (χ1v) is 15.8. The van der Waals surface area contributed by atoms with Crippen molar-refractivity contribution >= 4 is 19.3 Å². The van der Waals surface area contributed by atoms with E-state index in [1.54, 1.807) is 16.3 Å². The molecule has 0 spiro atoms. The SMILES string of the molecule is CC1=Cc2cccc(-c3ccccc3)c2C1[Si](C)(C)C1=C(C)Cc2cccc(-c3ccccc3)c21. The normalized spacial score (nSPS) is 16.8. The molecule has 0 aromatic heterocycles. The van der Waals surface area contributed by atoms with E-state index in [2.05, 4.69) is 130 Å². The Hall–Kier alpha value is -3.42. The van der Waals surface area contributed by atoms with Gasteiger partial charge in [0.1, 0.15) is 0 Å².